The molecule has 1 unspecified atom stereocenters. The molecule has 1 aromatic rings. The van der Waals surface area contributed by atoms with Gasteiger partial charge in [-0.3, -0.25) is 4.79 Å². The summed E-state index contributed by atoms with van der Waals surface area (Å²) in [5, 5.41) is 6.08. The van der Waals surface area contributed by atoms with Crippen LogP contribution in [0.3, 0.4) is 0 Å². The predicted octanol–water partition coefficient (Wildman–Crippen LogP) is 1.80. The van der Waals surface area contributed by atoms with Crippen molar-refractivity contribution in [2.75, 3.05) is 23.4 Å². The molecule has 0 bridgehead atoms. The predicted molar refractivity (Wildman–Crippen MR) is 74.4 cm³/mol. The van der Waals surface area contributed by atoms with E-state index in [1.54, 1.807) is 18.0 Å². The minimum atomic E-state index is -0.0993. The summed E-state index contributed by atoms with van der Waals surface area (Å²) in [6, 6.07) is 1.81. The minimum absolute atomic E-state index is 0.0146. The summed E-state index contributed by atoms with van der Waals surface area (Å²) in [7, 11) is 0. The fraction of sp³-hybridized carbons (Fsp3) is 0.455. The number of hydrogen-bond acceptors (Lipinski definition) is 4. The molecule has 2 heterocycles. The highest BCUT2D eigenvalue weighted by Crippen LogP contribution is 2.17. The van der Waals surface area contributed by atoms with Gasteiger partial charge < -0.3 is 10.6 Å². The Labute approximate surface area is 113 Å². The van der Waals surface area contributed by atoms with E-state index in [1.165, 1.54) is 0 Å². The number of anilines is 1. The Morgan fingerprint density at radius 3 is 3.18 bits per heavy atom. The van der Waals surface area contributed by atoms with Crippen molar-refractivity contribution in [1.82, 2.24) is 10.3 Å². The first-order valence-corrected chi connectivity index (χ1v) is 7.36. The third-order valence-electron chi connectivity index (χ3n) is 2.52. The van der Waals surface area contributed by atoms with E-state index in [0.717, 1.165) is 33.9 Å². The van der Waals surface area contributed by atoms with Crippen LogP contribution in [0.1, 0.15) is 5.56 Å². The number of aromatic nitrogens is 1. The number of thioether (sulfide) groups is 1. The molecule has 1 aromatic heterocycles. The van der Waals surface area contributed by atoms with Crippen molar-refractivity contribution in [3.8, 4) is 0 Å². The fourth-order valence-corrected chi connectivity index (χ4v) is 2.74. The van der Waals surface area contributed by atoms with Gasteiger partial charge in [0.1, 0.15) is 4.60 Å². The normalized spacial score (nSPS) is 20.0. The zero-order chi connectivity index (χ0) is 12.3. The molecule has 2 N–H and O–H groups in total. The largest absolute Gasteiger partial charge is 0.323 e. The van der Waals surface area contributed by atoms with Crippen LogP contribution in [0.15, 0.2) is 16.9 Å². The first-order chi connectivity index (χ1) is 8.16. The Morgan fingerprint density at radius 2 is 2.53 bits per heavy atom. The van der Waals surface area contributed by atoms with Gasteiger partial charge in [-0.25, -0.2) is 4.98 Å². The van der Waals surface area contributed by atoms with Gasteiger partial charge in [0.05, 0.1) is 17.9 Å². The number of amides is 1. The quantitative estimate of drug-likeness (QED) is 0.817. The molecule has 1 aliphatic heterocycles. The standard InChI is InChI=1S/C11H14BrN3OS/c1-7-4-8(5-14-10(7)12)15-11(16)9-6-17-3-2-13-9/h4-5,9,13H,2-3,6H2,1H3,(H,15,16). The molecule has 2 rings (SSSR count). The molecule has 17 heavy (non-hydrogen) atoms. The Bertz CT molecular complexity index is 421. The first-order valence-electron chi connectivity index (χ1n) is 5.41. The second kappa shape index (κ2) is 5.84. The van der Waals surface area contributed by atoms with Crippen molar-refractivity contribution in [2.45, 2.75) is 13.0 Å². The van der Waals surface area contributed by atoms with Crippen LogP contribution >= 0.6 is 27.7 Å². The van der Waals surface area contributed by atoms with Crippen molar-refractivity contribution in [2.24, 2.45) is 0 Å². The van der Waals surface area contributed by atoms with Crippen molar-refractivity contribution >= 4 is 39.3 Å². The van der Waals surface area contributed by atoms with E-state index in [4.69, 9.17) is 0 Å². The van der Waals surface area contributed by atoms with Gasteiger partial charge in [0.2, 0.25) is 5.91 Å². The summed E-state index contributed by atoms with van der Waals surface area (Å²) in [5.41, 5.74) is 1.75. The number of aryl methyl sites for hydroxylation is 1. The summed E-state index contributed by atoms with van der Waals surface area (Å²) in [6.07, 6.45) is 1.66. The van der Waals surface area contributed by atoms with E-state index < -0.39 is 0 Å². The Morgan fingerprint density at radius 1 is 1.71 bits per heavy atom. The average molecular weight is 316 g/mol. The van der Waals surface area contributed by atoms with E-state index in [1.807, 2.05) is 13.0 Å². The molecule has 1 fully saturated rings. The van der Waals surface area contributed by atoms with Crippen LogP contribution in [-0.4, -0.2) is 35.0 Å². The van der Waals surface area contributed by atoms with Gasteiger partial charge in [0, 0.05) is 18.1 Å². The zero-order valence-electron chi connectivity index (χ0n) is 9.50. The number of rotatable bonds is 2. The van der Waals surface area contributed by atoms with E-state index in [-0.39, 0.29) is 11.9 Å². The Kier molecular flexibility index (Phi) is 4.42. The molecule has 4 nitrogen and oxygen atoms in total. The van der Waals surface area contributed by atoms with Crippen molar-refractivity contribution in [3.63, 3.8) is 0 Å². The van der Waals surface area contributed by atoms with Gasteiger partial charge in [0.15, 0.2) is 0 Å². The monoisotopic (exact) mass is 315 g/mol. The third kappa shape index (κ3) is 3.43. The lowest BCUT2D eigenvalue weighted by atomic mass is 10.2. The zero-order valence-corrected chi connectivity index (χ0v) is 11.9. The maximum atomic E-state index is 11.9. The molecule has 0 saturated carbocycles. The molecule has 0 aliphatic carbocycles. The lowest BCUT2D eigenvalue weighted by Crippen LogP contribution is -2.46. The summed E-state index contributed by atoms with van der Waals surface area (Å²) >= 11 is 5.13. The lowest BCUT2D eigenvalue weighted by Gasteiger charge is -2.22. The van der Waals surface area contributed by atoms with Gasteiger partial charge in [0.25, 0.3) is 0 Å². The highest BCUT2D eigenvalue weighted by atomic mass is 79.9. The second-order valence-corrected chi connectivity index (χ2v) is 5.80. The molecule has 1 atom stereocenters. The van der Waals surface area contributed by atoms with E-state index in [0.29, 0.717) is 0 Å². The Hall–Kier alpha value is -0.590. The highest BCUT2D eigenvalue weighted by molar-refractivity contribution is 9.10. The molecule has 0 aromatic carbocycles. The number of nitrogens with zero attached hydrogens (tertiary/aromatic N) is 1. The number of hydrogen-bond donors (Lipinski definition) is 2. The summed E-state index contributed by atoms with van der Waals surface area (Å²) in [5.74, 6) is 1.91. The SMILES string of the molecule is Cc1cc(NC(=O)C2CSCCN2)cnc1Br. The molecule has 1 aliphatic rings. The maximum Gasteiger partial charge on any atom is 0.242 e. The van der Waals surface area contributed by atoms with Crippen LogP contribution < -0.4 is 10.6 Å². The van der Waals surface area contributed by atoms with E-state index in [2.05, 4.69) is 31.5 Å². The summed E-state index contributed by atoms with van der Waals surface area (Å²) in [4.78, 5) is 16.1. The molecule has 6 heteroatoms. The van der Waals surface area contributed by atoms with Crippen LogP contribution in [0.2, 0.25) is 0 Å². The molecular weight excluding hydrogens is 302 g/mol. The smallest absolute Gasteiger partial charge is 0.242 e. The van der Waals surface area contributed by atoms with E-state index >= 15 is 0 Å². The first kappa shape index (κ1) is 12.9. The number of carbonyl (C=O) groups is 1. The van der Waals surface area contributed by atoms with Gasteiger partial charge in [-0.1, -0.05) is 0 Å². The van der Waals surface area contributed by atoms with Gasteiger partial charge in [-0.15, -0.1) is 0 Å². The van der Waals surface area contributed by atoms with Crippen LogP contribution in [0.25, 0.3) is 0 Å². The number of pyridine rings is 1. The van der Waals surface area contributed by atoms with Crippen molar-refractivity contribution in [3.05, 3.63) is 22.4 Å². The van der Waals surface area contributed by atoms with Crippen molar-refractivity contribution < 1.29 is 4.79 Å². The summed E-state index contributed by atoms with van der Waals surface area (Å²) in [6.45, 7) is 2.84. The van der Waals surface area contributed by atoms with Gasteiger partial charge >= 0.3 is 0 Å². The molecule has 0 spiro atoms. The van der Waals surface area contributed by atoms with Gasteiger partial charge in [-0.2, -0.15) is 11.8 Å². The van der Waals surface area contributed by atoms with Crippen molar-refractivity contribution in [1.29, 1.82) is 0 Å². The second-order valence-electron chi connectivity index (χ2n) is 3.90. The fourth-order valence-electron chi connectivity index (χ4n) is 1.59. The molecule has 1 saturated heterocycles. The van der Waals surface area contributed by atoms with Crippen LogP contribution in [0.4, 0.5) is 5.69 Å². The Balaban J connectivity index is 1.99. The van der Waals surface area contributed by atoms with Crippen LogP contribution in [-0.2, 0) is 4.79 Å². The van der Waals surface area contributed by atoms with Crippen LogP contribution in [0.5, 0.6) is 0 Å². The maximum absolute atomic E-state index is 11.9. The molecule has 92 valence electrons. The number of carbonyl (C=O) groups excluding carboxylic acids is 1. The highest BCUT2D eigenvalue weighted by Gasteiger charge is 2.20. The molecular formula is C11H14BrN3OS. The third-order valence-corrected chi connectivity index (χ3v) is 4.41. The van der Waals surface area contributed by atoms with Gasteiger partial charge in [-0.05, 0) is 34.5 Å². The lowest BCUT2D eigenvalue weighted by molar-refractivity contribution is -0.117. The minimum Gasteiger partial charge on any atom is -0.323 e. The number of halogens is 1. The average Bonchev–Trinajstić information content (AvgIpc) is 2.35. The van der Waals surface area contributed by atoms with E-state index in [9.17, 15) is 4.79 Å². The number of nitrogens with one attached hydrogen (secondary N) is 2. The molecule has 0 radical (unpaired) electrons. The summed E-state index contributed by atoms with van der Waals surface area (Å²) < 4.78 is 0.807. The van der Waals surface area contributed by atoms with Crippen LogP contribution in [0, 0.1) is 6.92 Å². The molecule has 1 amide bonds. The topological polar surface area (TPSA) is 54.0 Å².